The number of nitrogens with one attached hydrogen (secondary N) is 1. The van der Waals surface area contributed by atoms with Crippen LogP contribution >= 0.6 is 0 Å². The van der Waals surface area contributed by atoms with Gasteiger partial charge in [0, 0.05) is 18.5 Å². The maximum absolute atomic E-state index is 13.3. The molecule has 8 heteroatoms. The maximum atomic E-state index is 13.3. The minimum atomic E-state index is -0.979. The summed E-state index contributed by atoms with van der Waals surface area (Å²) in [6, 6.07) is 25.1. The molecule has 0 aliphatic heterocycles. The number of carboxylic acid groups (broad SMARTS) is 1. The van der Waals surface area contributed by atoms with Crippen molar-refractivity contribution < 1.29 is 14.7 Å². The van der Waals surface area contributed by atoms with Crippen LogP contribution in [-0.4, -0.2) is 48.5 Å². The highest BCUT2D eigenvalue weighted by molar-refractivity contribution is 5.84. The second-order valence-electron chi connectivity index (χ2n) is 10.1. The van der Waals surface area contributed by atoms with Crippen molar-refractivity contribution in [2.75, 3.05) is 0 Å². The Labute approximate surface area is 229 Å². The molecule has 8 nitrogen and oxygen atoms in total. The van der Waals surface area contributed by atoms with Gasteiger partial charge in [0.05, 0.1) is 0 Å². The molecule has 1 heterocycles. The van der Waals surface area contributed by atoms with Gasteiger partial charge in [-0.25, -0.2) is 4.79 Å². The predicted octanol–water partition coefficient (Wildman–Crippen LogP) is 5.77. The van der Waals surface area contributed by atoms with E-state index in [0.29, 0.717) is 12.2 Å². The molecular weight excluding hydrogens is 490 g/mol. The first kappa shape index (κ1) is 27.7. The molecule has 0 unspecified atom stereocenters. The summed E-state index contributed by atoms with van der Waals surface area (Å²) in [5, 5.41) is 24.3. The zero-order valence-corrected chi connectivity index (χ0v) is 22.5. The third kappa shape index (κ3) is 7.37. The van der Waals surface area contributed by atoms with Crippen molar-refractivity contribution in [3.63, 3.8) is 0 Å². The third-order valence-corrected chi connectivity index (χ3v) is 6.87. The molecule has 0 aliphatic carbocycles. The number of rotatable bonds is 13. The molecule has 1 atom stereocenters. The molecule has 202 valence electrons. The lowest BCUT2D eigenvalue weighted by Crippen LogP contribution is -2.47. The maximum Gasteiger partial charge on any atom is 0.326 e. The lowest BCUT2D eigenvalue weighted by Gasteiger charge is -2.32. The van der Waals surface area contributed by atoms with E-state index in [1.807, 2.05) is 80.6 Å². The van der Waals surface area contributed by atoms with Gasteiger partial charge in [-0.05, 0) is 52.6 Å². The van der Waals surface area contributed by atoms with Crippen molar-refractivity contribution in [3.8, 4) is 22.5 Å². The Morgan fingerprint density at radius 1 is 0.846 bits per heavy atom. The summed E-state index contributed by atoms with van der Waals surface area (Å²) in [4.78, 5) is 27.1. The van der Waals surface area contributed by atoms with Crippen LogP contribution in [0.25, 0.3) is 22.5 Å². The van der Waals surface area contributed by atoms with Gasteiger partial charge < -0.3 is 10.0 Å². The predicted molar refractivity (Wildman–Crippen MR) is 150 cm³/mol. The summed E-state index contributed by atoms with van der Waals surface area (Å²) in [7, 11) is 0. The number of hydrogen-bond acceptors (Lipinski definition) is 5. The summed E-state index contributed by atoms with van der Waals surface area (Å²) < 4.78 is 0. The number of aromatic nitrogens is 4. The van der Waals surface area contributed by atoms with Crippen molar-refractivity contribution in [3.05, 3.63) is 90.0 Å². The largest absolute Gasteiger partial charge is 0.480 e. The Kier molecular flexibility index (Phi) is 9.56. The van der Waals surface area contributed by atoms with Crippen molar-refractivity contribution >= 4 is 11.9 Å². The van der Waals surface area contributed by atoms with Crippen LogP contribution in [-0.2, 0) is 22.6 Å². The van der Waals surface area contributed by atoms with E-state index in [1.54, 1.807) is 0 Å². The van der Waals surface area contributed by atoms with E-state index in [2.05, 4.69) is 32.8 Å². The smallest absolute Gasteiger partial charge is 0.326 e. The molecule has 4 rings (SSSR count). The standard InChI is InChI=1S/C31H35N5O3/c1-22(2)29(31(38)39)36(28(37)16-8-4-7-13-23-11-5-3-6-12-23)21-24-17-19-25(20-18-24)26-14-9-10-15-27(26)30-32-34-35-33-30/h3,5-6,9-12,14-15,17-20,22,29H,4,7-8,13,16,21H2,1-2H3,(H,38,39)(H,32,33,34,35)/t29-/m1/s1. The molecule has 1 amide bonds. The van der Waals surface area contributed by atoms with Crippen LogP contribution < -0.4 is 0 Å². The van der Waals surface area contributed by atoms with Crippen LogP contribution in [0, 0.1) is 5.92 Å². The van der Waals surface area contributed by atoms with Crippen LogP contribution in [0.15, 0.2) is 78.9 Å². The van der Waals surface area contributed by atoms with E-state index >= 15 is 0 Å². The first-order chi connectivity index (χ1) is 18.9. The van der Waals surface area contributed by atoms with Crippen LogP contribution in [0.3, 0.4) is 0 Å². The van der Waals surface area contributed by atoms with Gasteiger partial charge in [0.25, 0.3) is 0 Å². The third-order valence-electron chi connectivity index (χ3n) is 6.87. The van der Waals surface area contributed by atoms with Crippen molar-refractivity contribution in [2.45, 2.75) is 58.5 Å². The molecule has 0 spiro atoms. The lowest BCUT2D eigenvalue weighted by molar-refractivity contribution is -0.153. The molecule has 1 aromatic heterocycles. The van der Waals surface area contributed by atoms with Gasteiger partial charge in [-0.3, -0.25) is 4.79 Å². The highest BCUT2D eigenvalue weighted by Crippen LogP contribution is 2.30. The number of hydrogen-bond donors (Lipinski definition) is 2. The zero-order chi connectivity index (χ0) is 27.6. The van der Waals surface area contributed by atoms with E-state index in [9.17, 15) is 14.7 Å². The van der Waals surface area contributed by atoms with Gasteiger partial charge in [-0.2, -0.15) is 5.21 Å². The number of carbonyl (C=O) groups excluding carboxylic acids is 1. The molecule has 0 aliphatic rings. The normalized spacial score (nSPS) is 11.9. The monoisotopic (exact) mass is 525 g/mol. The van der Waals surface area contributed by atoms with Gasteiger partial charge in [0.1, 0.15) is 6.04 Å². The lowest BCUT2D eigenvalue weighted by atomic mass is 9.97. The summed E-state index contributed by atoms with van der Waals surface area (Å²) >= 11 is 0. The average molecular weight is 526 g/mol. The Morgan fingerprint density at radius 2 is 1.54 bits per heavy atom. The van der Waals surface area contributed by atoms with E-state index < -0.39 is 12.0 Å². The van der Waals surface area contributed by atoms with E-state index in [1.165, 1.54) is 10.5 Å². The van der Waals surface area contributed by atoms with Crippen molar-refractivity contribution in [1.82, 2.24) is 25.5 Å². The van der Waals surface area contributed by atoms with E-state index in [0.717, 1.165) is 47.9 Å². The van der Waals surface area contributed by atoms with Gasteiger partial charge in [0.15, 0.2) is 0 Å². The van der Waals surface area contributed by atoms with Crippen molar-refractivity contribution in [1.29, 1.82) is 0 Å². The number of aryl methyl sites for hydroxylation is 1. The van der Waals surface area contributed by atoms with Crippen LogP contribution in [0.2, 0.25) is 0 Å². The second-order valence-corrected chi connectivity index (χ2v) is 10.1. The SMILES string of the molecule is CC(C)[C@H](C(=O)O)N(Cc1ccc(-c2ccccc2-c2nn[nH]n2)cc1)C(=O)CCCCCc1ccccc1. The zero-order valence-electron chi connectivity index (χ0n) is 22.5. The Hall–Kier alpha value is -4.33. The van der Waals surface area contributed by atoms with Gasteiger partial charge >= 0.3 is 5.97 Å². The van der Waals surface area contributed by atoms with Crippen LogP contribution in [0.1, 0.15) is 50.7 Å². The molecule has 2 N–H and O–H groups in total. The van der Waals surface area contributed by atoms with Gasteiger partial charge in [0.2, 0.25) is 11.7 Å². The van der Waals surface area contributed by atoms with Crippen molar-refractivity contribution in [2.24, 2.45) is 5.92 Å². The minimum absolute atomic E-state index is 0.123. The van der Waals surface area contributed by atoms with Gasteiger partial charge in [-0.1, -0.05) is 99.1 Å². The van der Waals surface area contributed by atoms with E-state index in [4.69, 9.17) is 0 Å². The fourth-order valence-corrected chi connectivity index (χ4v) is 4.88. The molecule has 4 aromatic rings. The Bertz CT molecular complexity index is 1340. The Balaban J connectivity index is 1.44. The highest BCUT2D eigenvalue weighted by atomic mass is 16.4. The first-order valence-corrected chi connectivity index (χ1v) is 13.4. The number of nitrogens with zero attached hydrogens (tertiary/aromatic N) is 4. The number of amides is 1. The number of H-pyrrole nitrogens is 1. The molecule has 39 heavy (non-hydrogen) atoms. The van der Waals surface area contributed by atoms with E-state index in [-0.39, 0.29) is 18.4 Å². The fraction of sp³-hybridized carbons (Fsp3) is 0.323. The molecule has 0 bridgehead atoms. The summed E-state index contributed by atoms with van der Waals surface area (Å²) in [5.41, 5.74) is 4.95. The summed E-state index contributed by atoms with van der Waals surface area (Å²) in [6.45, 7) is 3.93. The number of benzene rings is 3. The van der Waals surface area contributed by atoms with Gasteiger partial charge in [-0.15, -0.1) is 10.2 Å². The van der Waals surface area contributed by atoms with Crippen LogP contribution in [0.5, 0.6) is 0 Å². The first-order valence-electron chi connectivity index (χ1n) is 13.4. The number of aliphatic carboxylic acids is 1. The molecule has 0 radical (unpaired) electrons. The molecular formula is C31H35N5O3. The number of carbonyl (C=O) groups is 2. The fourth-order valence-electron chi connectivity index (χ4n) is 4.88. The van der Waals surface area contributed by atoms with Crippen LogP contribution in [0.4, 0.5) is 0 Å². The minimum Gasteiger partial charge on any atom is -0.480 e. The molecule has 0 saturated carbocycles. The highest BCUT2D eigenvalue weighted by Gasteiger charge is 2.32. The second kappa shape index (κ2) is 13.5. The number of aromatic amines is 1. The number of carboxylic acids is 1. The molecule has 0 saturated heterocycles. The molecule has 3 aromatic carbocycles. The topological polar surface area (TPSA) is 112 Å². The Morgan fingerprint density at radius 3 is 2.18 bits per heavy atom. The average Bonchev–Trinajstić information content (AvgIpc) is 3.48. The summed E-state index contributed by atoms with van der Waals surface area (Å²) in [5.74, 6) is -0.808. The molecule has 0 fully saturated rings. The summed E-state index contributed by atoms with van der Waals surface area (Å²) in [6.07, 6.45) is 3.96. The number of unbranched alkanes of at least 4 members (excludes halogenated alkanes) is 2. The quantitative estimate of drug-likeness (QED) is 0.214. The number of tetrazole rings is 1.